The lowest BCUT2D eigenvalue weighted by molar-refractivity contribution is 0.100. The largest absolute Gasteiger partial charge is 0.380 e. The van der Waals surface area contributed by atoms with Crippen LogP contribution < -0.4 is 11.1 Å². The number of halogens is 2. The predicted octanol–water partition coefficient (Wildman–Crippen LogP) is 4.56. The molecule has 4 nitrogen and oxygen atoms in total. The van der Waals surface area contributed by atoms with Gasteiger partial charge in [-0.15, -0.1) is 0 Å². The van der Waals surface area contributed by atoms with Crippen LogP contribution in [-0.4, -0.2) is 10.9 Å². The van der Waals surface area contributed by atoms with E-state index in [0.29, 0.717) is 27.7 Å². The van der Waals surface area contributed by atoms with Crippen molar-refractivity contribution in [2.24, 2.45) is 5.73 Å². The van der Waals surface area contributed by atoms with Crippen LogP contribution in [0.1, 0.15) is 21.6 Å². The summed E-state index contributed by atoms with van der Waals surface area (Å²) in [6.45, 7) is 2.37. The van der Waals surface area contributed by atoms with E-state index in [0.717, 1.165) is 22.3 Å². The highest BCUT2D eigenvalue weighted by Crippen LogP contribution is 2.27. The molecule has 24 heavy (non-hydrogen) atoms. The number of rotatable bonds is 4. The van der Waals surface area contributed by atoms with Gasteiger partial charge in [-0.05, 0) is 42.8 Å². The van der Waals surface area contributed by atoms with E-state index < -0.39 is 5.91 Å². The average molecular weight is 360 g/mol. The first-order chi connectivity index (χ1) is 11.5. The Labute approximate surface area is 149 Å². The first-order valence-electron chi connectivity index (χ1n) is 7.33. The number of hydrogen-bond donors (Lipinski definition) is 2. The molecule has 1 amide bonds. The van der Waals surface area contributed by atoms with Crippen LogP contribution in [-0.2, 0) is 6.54 Å². The van der Waals surface area contributed by atoms with Gasteiger partial charge in [0.15, 0.2) is 0 Å². The van der Waals surface area contributed by atoms with Crippen molar-refractivity contribution in [2.75, 3.05) is 5.32 Å². The first-order valence-corrected chi connectivity index (χ1v) is 8.09. The van der Waals surface area contributed by atoms with E-state index in [-0.39, 0.29) is 0 Å². The number of anilines is 1. The Kier molecular flexibility index (Phi) is 4.60. The minimum Gasteiger partial charge on any atom is -0.380 e. The molecule has 0 spiro atoms. The fourth-order valence-corrected chi connectivity index (χ4v) is 2.97. The Bertz CT molecular complexity index is 941. The summed E-state index contributed by atoms with van der Waals surface area (Å²) < 4.78 is 0. The number of primary amides is 1. The third-order valence-corrected chi connectivity index (χ3v) is 4.31. The zero-order valence-corrected chi connectivity index (χ0v) is 14.4. The summed E-state index contributed by atoms with van der Waals surface area (Å²) in [4.78, 5) is 16.1. The van der Waals surface area contributed by atoms with Gasteiger partial charge < -0.3 is 11.1 Å². The van der Waals surface area contributed by atoms with Crippen molar-refractivity contribution < 1.29 is 4.79 Å². The highest BCUT2D eigenvalue weighted by atomic mass is 35.5. The van der Waals surface area contributed by atoms with Crippen LogP contribution >= 0.6 is 23.2 Å². The van der Waals surface area contributed by atoms with Crippen LogP contribution in [0.15, 0.2) is 42.5 Å². The fourth-order valence-electron chi connectivity index (χ4n) is 2.59. The maximum absolute atomic E-state index is 11.6. The first kappa shape index (κ1) is 16.6. The van der Waals surface area contributed by atoms with Crippen molar-refractivity contribution in [1.82, 2.24) is 4.98 Å². The number of carbonyl (C=O) groups is 1. The van der Waals surface area contributed by atoms with Gasteiger partial charge in [-0.3, -0.25) is 9.78 Å². The minimum atomic E-state index is -0.498. The molecule has 0 aliphatic heterocycles. The van der Waals surface area contributed by atoms with Gasteiger partial charge in [0, 0.05) is 33.4 Å². The lowest BCUT2D eigenvalue weighted by atomic mass is 10.1. The summed E-state index contributed by atoms with van der Waals surface area (Å²) in [7, 11) is 0. The zero-order valence-electron chi connectivity index (χ0n) is 12.9. The lowest BCUT2D eigenvalue weighted by Gasteiger charge is -2.13. The quantitative estimate of drug-likeness (QED) is 0.717. The number of nitrogens with zero attached hydrogens (tertiary/aromatic N) is 1. The molecule has 1 heterocycles. The van der Waals surface area contributed by atoms with Crippen molar-refractivity contribution in [1.29, 1.82) is 0 Å². The molecule has 3 aromatic rings. The SMILES string of the molecule is Cc1cc(NCc2cc(Cl)ccc2Cl)c2cccc(C(N)=O)c2n1. The number of fused-ring (bicyclic) bond motifs is 1. The summed E-state index contributed by atoms with van der Waals surface area (Å²) >= 11 is 12.2. The number of para-hydroxylation sites is 1. The Morgan fingerprint density at radius 1 is 1.21 bits per heavy atom. The Balaban J connectivity index is 2.02. The molecule has 0 fully saturated rings. The van der Waals surface area contributed by atoms with E-state index in [1.54, 1.807) is 24.3 Å². The van der Waals surface area contributed by atoms with Crippen LogP contribution in [0.4, 0.5) is 5.69 Å². The van der Waals surface area contributed by atoms with Gasteiger partial charge >= 0.3 is 0 Å². The number of carbonyl (C=O) groups excluding carboxylic acids is 1. The minimum absolute atomic E-state index is 0.403. The molecule has 3 rings (SSSR count). The van der Waals surface area contributed by atoms with Crippen molar-refractivity contribution in [3.63, 3.8) is 0 Å². The molecule has 0 aliphatic rings. The maximum atomic E-state index is 11.6. The van der Waals surface area contributed by atoms with Crippen LogP contribution in [0.25, 0.3) is 10.9 Å². The smallest absolute Gasteiger partial charge is 0.250 e. The zero-order chi connectivity index (χ0) is 17.3. The third kappa shape index (κ3) is 3.30. The van der Waals surface area contributed by atoms with Crippen LogP contribution in [0.3, 0.4) is 0 Å². The van der Waals surface area contributed by atoms with E-state index in [1.165, 1.54) is 0 Å². The third-order valence-electron chi connectivity index (χ3n) is 3.71. The number of benzene rings is 2. The van der Waals surface area contributed by atoms with E-state index in [9.17, 15) is 4.79 Å². The van der Waals surface area contributed by atoms with E-state index in [1.807, 2.05) is 25.1 Å². The van der Waals surface area contributed by atoms with Gasteiger partial charge in [0.1, 0.15) is 0 Å². The highest BCUT2D eigenvalue weighted by Gasteiger charge is 2.12. The van der Waals surface area contributed by atoms with Crippen molar-refractivity contribution in [2.45, 2.75) is 13.5 Å². The molecule has 0 atom stereocenters. The summed E-state index contributed by atoms with van der Waals surface area (Å²) in [5, 5.41) is 5.44. The number of aryl methyl sites for hydroxylation is 1. The Morgan fingerprint density at radius 2 is 2.00 bits per heavy atom. The van der Waals surface area contributed by atoms with Crippen LogP contribution in [0.2, 0.25) is 10.0 Å². The Hall–Kier alpha value is -2.30. The van der Waals surface area contributed by atoms with Crippen molar-refractivity contribution in [3.8, 4) is 0 Å². The van der Waals surface area contributed by atoms with Gasteiger partial charge in [0.2, 0.25) is 0 Å². The summed E-state index contributed by atoms with van der Waals surface area (Å²) in [6.07, 6.45) is 0. The van der Waals surface area contributed by atoms with Crippen LogP contribution in [0, 0.1) is 6.92 Å². The van der Waals surface area contributed by atoms with Crippen molar-refractivity contribution >= 4 is 45.7 Å². The van der Waals surface area contributed by atoms with Gasteiger partial charge in [0.05, 0.1) is 11.1 Å². The molecule has 0 unspecified atom stereocenters. The summed E-state index contributed by atoms with van der Waals surface area (Å²) in [5.41, 5.74) is 8.97. The maximum Gasteiger partial charge on any atom is 0.250 e. The van der Waals surface area contributed by atoms with Crippen molar-refractivity contribution in [3.05, 3.63) is 69.3 Å². The van der Waals surface area contributed by atoms with Gasteiger partial charge in [-0.25, -0.2) is 0 Å². The predicted molar refractivity (Wildman–Crippen MR) is 98.8 cm³/mol. The number of amides is 1. The number of aromatic nitrogens is 1. The molecular weight excluding hydrogens is 345 g/mol. The molecule has 3 N–H and O–H groups in total. The van der Waals surface area contributed by atoms with Gasteiger partial charge in [0.25, 0.3) is 5.91 Å². The van der Waals surface area contributed by atoms with E-state index >= 15 is 0 Å². The van der Waals surface area contributed by atoms with Gasteiger partial charge in [-0.1, -0.05) is 35.3 Å². The lowest BCUT2D eigenvalue weighted by Crippen LogP contribution is -2.12. The molecule has 6 heteroatoms. The second-order valence-electron chi connectivity index (χ2n) is 5.47. The second-order valence-corrected chi connectivity index (χ2v) is 6.31. The second kappa shape index (κ2) is 6.67. The molecule has 122 valence electrons. The fraction of sp³-hybridized carbons (Fsp3) is 0.111. The molecule has 0 saturated carbocycles. The monoisotopic (exact) mass is 359 g/mol. The normalized spacial score (nSPS) is 10.8. The number of nitrogens with one attached hydrogen (secondary N) is 1. The van der Waals surface area contributed by atoms with Gasteiger partial charge in [-0.2, -0.15) is 0 Å². The number of hydrogen-bond acceptors (Lipinski definition) is 3. The summed E-state index contributed by atoms with van der Waals surface area (Å²) in [6, 6.07) is 12.6. The molecule has 1 aromatic heterocycles. The van der Waals surface area contributed by atoms with E-state index in [4.69, 9.17) is 28.9 Å². The topological polar surface area (TPSA) is 68.0 Å². The highest BCUT2D eigenvalue weighted by molar-refractivity contribution is 6.33. The molecule has 2 aromatic carbocycles. The number of nitrogens with two attached hydrogens (primary N) is 1. The average Bonchev–Trinajstić information content (AvgIpc) is 2.54. The summed E-state index contributed by atoms with van der Waals surface area (Å²) in [5.74, 6) is -0.498. The molecule has 0 aliphatic carbocycles. The molecule has 0 bridgehead atoms. The molecule has 0 radical (unpaired) electrons. The molecule has 0 saturated heterocycles. The Morgan fingerprint density at radius 3 is 2.75 bits per heavy atom. The number of pyridine rings is 1. The molecular formula is C18H15Cl2N3O. The van der Waals surface area contributed by atoms with E-state index in [2.05, 4.69) is 10.3 Å². The standard InChI is InChI=1S/C18H15Cl2N3O/c1-10-7-16(22-9-11-8-12(19)5-6-15(11)20)13-3-2-4-14(18(21)24)17(13)23-10/h2-8H,9H2,1H3,(H2,21,24)(H,22,23). The van der Waals surface area contributed by atoms with Crippen LogP contribution in [0.5, 0.6) is 0 Å².